The van der Waals surface area contributed by atoms with Gasteiger partial charge in [-0.05, 0) is 32.6 Å². The largest absolute Gasteiger partial charge is 0.345 e. The minimum Gasteiger partial charge on any atom is -0.345 e. The Hall–Kier alpha value is -1.41. The first-order valence-electron chi connectivity index (χ1n) is 6.24. The Morgan fingerprint density at radius 2 is 2.11 bits per heavy atom. The molecule has 3 rings (SSSR count). The fourth-order valence-corrected chi connectivity index (χ4v) is 3.01. The Morgan fingerprint density at radius 1 is 1.47 bits per heavy atom. The van der Waals surface area contributed by atoms with Crippen molar-refractivity contribution in [2.75, 3.05) is 0 Å². The summed E-state index contributed by atoms with van der Waals surface area (Å²) in [6.45, 7) is 1.91. The molecule has 0 atom stereocenters. The highest BCUT2D eigenvalue weighted by molar-refractivity contribution is 7.89. The Kier molecular flexibility index (Phi) is 2.52. The van der Waals surface area contributed by atoms with Crippen molar-refractivity contribution >= 4 is 15.9 Å². The summed E-state index contributed by atoms with van der Waals surface area (Å²) in [5.74, 6) is -0.355. The van der Waals surface area contributed by atoms with Crippen LogP contribution < -0.4 is 10.5 Å². The number of H-pyrrole nitrogens is 1. The van der Waals surface area contributed by atoms with Gasteiger partial charge in [-0.1, -0.05) is 0 Å². The molecule has 1 amide bonds. The van der Waals surface area contributed by atoms with Gasteiger partial charge in [-0.15, -0.1) is 0 Å². The second-order valence-electron chi connectivity index (χ2n) is 5.65. The van der Waals surface area contributed by atoms with E-state index in [9.17, 15) is 13.2 Å². The number of rotatable bonds is 4. The van der Waals surface area contributed by atoms with Gasteiger partial charge in [-0.3, -0.25) is 9.89 Å². The second kappa shape index (κ2) is 3.80. The molecule has 7 nitrogen and oxygen atoms in total. The molecule has 2 saturated carbocycles. The fraction of sp³-hybridized carbons (Fsp3) is 0.636. The van der Waals surface area contributed by atoms with E-state index in [1.807, 2.05) is 6.92 Å². The Morgan fingerprint density at radius 3 is 2.58 bits per heavy atom. The molecule has 8 heteroatoms. The van der Waals surface area contributed by atoms with Crippen molar-refractivity contribution in [2.24, 2.45) is 5.14 Å². The number of carbonyl (C=O) groups is 1. The first-order chi connectivity index (χ1) is 8.80. The molecule has 2 aliphatic carbocycles. The van der Waals surface area contributed by atoms with Gasteiger partial charge >= 0.3 is 0 Å². The summed E-state index contributed by atoms with van der Waals surface area (Å²) in [6.07, 6.45) is 3.57. The third-order valence-corrected chi connectivity index (χ3v) is 4.63. The minimum atomic E-state index is -3.96. The molecule has 0 radical (unpaired) electrons. The first kappa shape index (κ1) is 12.6. The monoisotopic (exact) mass is 284 g/mol. The van der Waals surface area contributed by atoms with E-state index in [0.717, 1.165) is 25.7 Å². The van der Waals surface area contributed by atoms with E-state index >= 15 is 0 Å². The molecule has 0 bridgehead atoms. The van der Waals surface area contributed by atoms with Crippen LogP contribution in [0.15, 0.2) is 4.90 Å². The van der Waals surface area contributed by atoms with Gasteiger partial charge in [0.05, 0.1) is 5.69 Å². The maximum Gasteiger partial charge on any atom is 0.273 e. The van der Waals surface area contributed by atoms with Crippen molar-refractivity contribution in [1.82, 2.24) is 15.5 Å². The van der Waals surface area contributed by atoms with Crippen molar-refractivity contribution in [3.05, 3.63) is 11.4 Å². The quantitative estimate of drug-likeness (QED) is 0.732. The average molecular weight is 284 g/mol. The molecule has 19 heavy (non-hydrogen) atoms. The number of sulfonamides is 1. The number of nitrogens with zero attached hydrogens (tertiary/aromatic N) is 1. The van der Waals surface area contributed by atoms with E-state index in [1.54, 1.807) is 0 Å². The van der Waals surface area contributed by atoms with Crippen LogP contribution in [0, 0.1) is 0 Å². The third-order valence-electron chi connectivity index (χ3n) is 3.65. The van der Waals surface area contributed by atoms with Gasteiger partial charge in [-0.2, -0.15) is 5.10 Å². The lowest BCUT2D eigenvalue weighted by atomic mass is 10.2. The van der Waals surface area contributed by atoms with Crippen molar-refractivity contribution in [3.63, 3.8) is 0 Å². The maximum absolute atomic E-state index is 12.1. The molecule has 104 valence electrons. The van der Waals surface area contributed by atoms with Gasteiger partial charge in [0.15, 0.2) is 5.69 Å². The van der Waals surface area contributed by atoms with Crippen molar-refractivity contribution < 1.29 is 13.2 Å². The zero-order valence-electron chi connectivity index (χ0n) is 10.6. The van der Waals surface area contributed by atoms with Crippen LogP contribution in [0.2, 0.25) is 0 Å². The lowest BCUT2D eigenvalue weighted by Crippen LogP contribution is -2.35. The molecule has 2 aliphatic rings. The molecule has 1 aromatic rings. The van der Waals surface area contributed by atoms with Gasteiger partial charge in [-0.25, -0.2) is 13.6 Å². The predicted molar refractivity (Wildman–Crippen MR) is 67.0 cm³/mol. The number of nitrogens with two attached hydrogens (primary N) is 1. The number of carbonyl (C=O) groups excluding carboxylic acids is 1. The van der Waals surface area contributed by atoms with Crippen LogP contribution in [0.1, 0.15) is 54.7 Å². The normalized spacial score (nSPS) is 21.2. The van der Waals surface area contributed by atoms with Crippen LogP contribution in [0.25, 0.3) is 0 Å². The molecule has 0 aromatic carbocycles. The summed E-state index contributed by atoms with van der Waals surface area (Å²) in [6, 6.07) is 0. The molecule has 1 heterocycles. The van der Waals surface area contributed by atoms with Crippen LogP contribution in [-0.4, -0.2) is 30.1 Å². The van der Waals surface area contributed by atoms with Gasteiger partial charge in [0.25, 0.3) is 5.91 Å². The van der Waals surface area contributed by atoms with Gasteiger partial charge in [0, 0.05) is 11.5 Å². The number of aromatic amines is 1. The number of nitrogens with one attached hydrogen (secondary N) is 2. The van der Waals surface area contributed by atoms with Crippen LogP contribution in [0.4, 0.5) is 0 Å². The molecule has 0 saturated heterocycles. The number of amides is 1. The summed E-state index contributed by atoms with van der Waals surface area (Å²) in [4.78, 5) is 12.0. The number of hydrogen-bond acceptors (Lipinski definition) is 4. The Bertz CT molecular complexity index is 641. The molecule has 0 aliphatic heterocycles. The highest BCUT2D eigenvalue weighted by Gasteiger charge is 2.41. The topological polar surface area (TPSA) is 118 Å². The van der Waals surface area contributed by atoms with E-state index in [4.69, 9.17) is 5.14 Å². The smallest absolute Gasteiger partial charge is 0.273 e. The van der Waals surface area contributed by atoms with E-state index in [2.05, 4.69) is 15.5 Å². The molecule has 0 unspecified atom stereocenters. The highest BCUT2D eigenvalue weighted by Crippen LogP contribution is 2.42. The average Bonchev–Trinajstić information content (AvgIpc) is 3.19. The number of hydrogen-bond donors (Lipinski definition) is 3. The molecule has 0 spiro atoms. The van der Waals surface area contributed by atoms with E-state index in [1.165, 1.54) is 0 Å². The van der Waals surface area contributed by atoms with E-state index in [-0.39, 0.29) is 22.0 Å². The zero-order valence-corrected chi connectivity index (χ0v) is 11.4. The summed E-state index contributed by atoms with van der Waals surface area (Å²) >= 11 is 0. The number of primary sulfonamides is 1. The Balaban J connectivity index is 1.98. The predicted octanol–water partition coefficient (Wildman–Crippen LogP) is 0.217. The summed E-state index contributed by atoms with van der Waals surface area (Å²) < 4.78 is 23.4. The first-order valence-corrected chi connectivity index (χ1v) is 7.78. The maximum atomic E-state index is 12.1. The summed E-state index contributed by atoms with van der Waals surface area (Å²) in [5, 5.41) is 14.5. The lowest BCUT2D eigenvalue weighted by Gasteiger charge is -2.10. The van der Waals surface area contributed by atoms with Crippen molar-refractivity contribution in [2.45, 2.75) is 49.0 Å². The van der Waals surface area contributed by atoms with E-state index in [0.29, 0.717) is 5.69 Å². The molecule has 4 N–H and O–H groups in total. The molecular weight excluding hydrogens is 268 g/mol. The fourth-order valence-electron chi connectivity index (χ4n) is 2.08. The standard InChI is InChI=1S/C11H16N4O3S/c1-11(4-5-11)13-10(16)8-9(19(12,17)18)7(14-15-8)6-2-3-6/h6H,2-5H2,1H3,(H,13,16)(H,14,15)(H2,12,17,18). The zero-order chi connectivity index (χ0) is 13.8. The molecular formula is C11H16N4O3S. The minimum absolute atomic E-state index is 0.113. The third kappa shape index (κ3) is 2.37. The van der Waals surface area contributed by atoms with E-state index < -0.39 is 15.9 Å². The van der Waals surface area contributed by atoms with Crippen LogP contribution in [0.5, 0.6) is 0 Å². The molecule has 2 fully saturated rings. The van der Waals surface area contributed by atoms with Gasteiger partial charge in [0.1, 0.15) is 4.90 Å². The summed E-state index contributed by atoms with van der Waals surface area (Å²) in [7, 11) is -3.96. The molecule has 1 aromatic heterocycles. The van der Waals surface area contributed by atoms with Crippen LogP contribution in [-0.2, 0) is 10.0 Å². The second-order valence-corrected chi connectivity index (χ2v) is 7.15. The van der Waals surface area contributed by atoms with Gasteiger partial charge < -0.3 is 5.32 Å². The lowest BCUT2D eigenvalue weighted by molar-refractivity contribution is 0.0927. The highest BCUT2D eigenvalue weighted by atomic mass is 32.2. The SMILES string of the molecule is CC1(NC(=O)c2n[nH]c(C3CC3)c2S(N)(=O)=O)CC1. The van der Waals surface area contributed by atoms with Crippen molar-refractivity contribution in [1.29, 1.82) is 0 Å². The number of aromatic nitrogens is 2. The summed E-state index contributed by atoms with van der Waals surface area (Å²) in [5.41, 5.74) is 0.122. The van der Waals surface area contributed by atoms with Crippen LogP contribution in [0.3, 0.4) is 0 Å². The van der Waals surface area contributed by atoms with Crippen molar-refractivity contribution in [3.8, 4) is 0 Å². The Labute approximate surface area is 111 Å². The van der Waals surface area contributed by atoms with Crippen LogP contribution >= 0.6 is 0 Å². The van der Waals surface area contributed by atoms with Gasteiger partial charge in [0.2, 0.25) is 10.0 Å².